The monoisotopic (exact) mass is 563 g/mol. The van der Waals surface area contributed by atoms with E-state index in [9.17, 15) is 9.59 Å². The van der Waals surface area contributed by atoms with Gasteiger partial charge in [-0.1, -0.05) is 54.3 Å². The first-order chi connectivity index (χ1) is 16.4. The van der Waals surface area contributed by atoms with Gasteiger partial charge in [-0.3, -0.25) is 14.5 Å². The number of nitrogens with zero attached hydrogens (tertiary/aromatic N) is 1. The lowest BCUT2D eigenvalue weighted by molar-refractivity contribution is -0.143. The van der Waals surface area contributed by atoms with E-state index in [0.717, 1.165) is 16.5 Å². The Labute approximate surface area is 217 Å². The lowest BCUT2D eigenvalue weighted by Crippen LogP contribution is -2.30. The third-order valence-corrected chi connectivity index (χ3v) is 6.79. The number of esters is 1. The van der Waals surface area contributed by atoms with E-state index in [-0.39, 0.29) is 24.8 Å². The van der Waals surface area contributed by atoms with Crippen LogP contribution in [0.2, 0.25) is 0 Å². The summed E-state index contributed by atoms with van der Waals surface area (Å²) < 4.78 is 17.9. The standard InChI is InChI=1S/C25H26BrNO5S2/c1-3-30-20-15-18(14-19(26)23(20)32-13-11-17-8-6-5-7-9-17)16-21-24(29)27(25(33)34-21)12-10-22(28)31-4-2/h5-9,14-16H,3-4,10-13H2,1-2H3/b21-16-. The number of carbonyl (C=O) groups is 2. The van der Waals surface area contributed by atoms with Crippen LogP contribution in [-0.2, 0) is 20.7 Å². The Hall–Kier alpha value is -2.36. The number of hydrogen-bond acceptors (Lipinski definition) is 7. The molecule has 1 heterocycles. The highest BCUT2D eigenvalue weighted by Crippen LogP contribution is 2.39. The van der Waals surface area contributed by atoms with Gasteiger partial charge >= 0.3 is 5.97 Å². The summed E-state index contributed by atoms with van der Waals surface area (Å²) in [5, 5.41) is 0. The Bertz CT molecular complexity index is 1070. The van der Waals surface area contributed by atoms with E-state index in [1.54, 1.807) is 13.0 Å². The fourth-order valence-electron chi connectivity index (χ4n) is 3.27. The number of thioether (sulfide) groups is 1. The van der Waals surface area contributed by atoms with Crippen molar-refractivity contribution in [2.45, 2.75) is 26.7 Å². The van der Waals surface area contributed by atoms with Crippen molar-refractivity contribution in [3.05, 3.63) is 63.0 Å². The Morgan fingerprint density at radius 2 is 1.91 bits per heavy atom. The van der Waals surface area contributed by atoms with E-state index in [4.69, 9.17) is 26.4 Å². The molecule has 2 aromatic rings. The van der Waals surface area contributed by atoms with Gasteiger partial charge in [-0.15, -0.1) is 0 Å². The summed E-state index contributed by atoms with van der Waals surface area (Å²) in [4.78, 5) is 26.4. The Kier molecular flexibility index (Phi) is 9.98. The molecule has 0 radical (unpaired) electrons. The predicted octanol–water partition coefficient (Wildman–Crippen LogP) is 5.62. The third-order valence-electron chi connectivity index (χ3n) is 4.83. The van der Waals surface area contributed by atoms with E-state index in [2.05, 4.69) is 28.1 Å². The van der Waals surface area contributed by atoms with E-state index in [1.165, 1.54) is 22.2 Å². The second kappa shape index (κ2) is 12.9. The van der Waals surface area contributed by atoms with Crippen molar-refractivity contribution in [2.24, 2.45) is 0 Å². The maximum Gasteiger partial charge on any atom is 0.307 e. The number of rotatable bonds is 11. The van der Waals surface area contributed by atoms with Gasteiger partial charge in [0.15, 0.2) is 11.5 Å². The van der Waals surface area contributed by atoms with E-state index < -0.39 is 0 Å². The van der Waals surface area contributed by atoms with Gasteiger partial charge in [0, 0.05) is 13.0 Å². The minimum absolute atomic E-state index is 0.0998. The predicted molar refractivity (Wildman–Crippen MR) is 142 cm³/mol. The molecule has 0 N–H and O–H groups in total. The summed E-state index contributed by atoms with van der Waals surface area (Å²) in [7, 11) is 0. The molecule has 9 heteroatoms. The maximum atomic E-state index is 12.9. The number of hydrogen-bond donors (Lipinski definition) is 0. The van der Waals surface area contributed by atoms with Crippen molar-refractivity contribution in [3.8, 4) is 11.5 Å². The van der Waals surface area contributed by atoms with Crippen LogP contribution in [0.5, 0.6) is 11.5 Å². The number of carbonyl (C=O) groups excluding carboxylic acids is 2. The van der Waals surface area contributed by atoms with Crippen molar-refractivity contribution in [3.63, 3.8) is 0 Å². The molecule has 3 rings (SSSR count). The van der Waals surface area contributed by atoms with Crippen LogP contribution in [0.3, 0.4) is 0 Å². The summed E-state index contributed by atoms with van der Waals surface area (Å²) >= 11 is 10.1. The second-order valence-electron chi connectivity index (χ2n) is 7.24. The first-order valence-electron chi connectivity index (χ1n) is 11.0. The Morgan fingerprint density at radius 3 is 2.62 bits per heavy atom. The molecule has 2 aromatic carbocycles. The van der Waals surface area contributed by atoms with Gasteiger partial charge in [0.25, 0.3) is 5.91 Å². The molecule has 1 amide bonds. The molecular formula is C25H26BrNO5S2. The molecule has 6 nitrogen and oxygen atoms in total. The zero-order chi connectivity index (χ0) is 24.5. The summed E-state index contributed by atoms with van der Waals surface area (Å²) in [6.07, 6.45) is 2.64. The zero-order valence-corrected chi connectivity index (χ0v) is 22.3. The minimum atomic E-state index is -0.353. The fourth-order valence-corrected chi connectivity index (χ4v) is 5.15. The van der Waals surface area contributed by atoms with Gasteiger partial charge in [0.1, 0.15) is 4.32 Å². The van der Waals surface area contributed by atoms with Gasteiger partial charge in [0.05, 0.1) is 35.6 Å². The molecule has 0 aromatic heterocycles. The van der Waals surface area contributed by atoms with Crippen LogP contribution < -0.4 is 9.47 Å². The first-order valence-corrected chi connectivity index (χ1v) is 13.0. The highest BCUT2D eigenvalue weighted by molar-refractivity contribution is 9.10. The molecule has 0 saturated carbocycles. The molecule has 0 spiro atoms. The van der Waals surface area contributed by atoms with Gasteiger partial charge in [0.2, 0.25) is 0 Å². The number of halogens is 1. The summed E-state index contributed by atoms with van der Waals surface area (Å²) in [5.41, 5.74) is 1.97. The normalized spacial score (nSPS) is 14.6. The molecule has 34 heavy (non-hydrogen) atoms. The van der Waals surface area contributed by atoms with E-state index >= 15 is 0 Å². The molecule has 0 atom stereocenters. The largest absolute Gasteiger partial charge is 0.490 e. The number of benzene rings is 2. The zero-order valence-electron chi connectivity index (χ0n) is 19.0. The van der Waals surface area contributed by atoms with Crippen molar-refractivity contribution in [2.75, 3.05) is 26.4 Å². The average Bonchev–Trinajstić information content (AvgIpc) is 3.07. The second-order valence-corrected chi connectivity index (χ2v) is 9.77. The molecule has 1 fully saturated rings. The van der Waals surface area contributed by atoms with Crippen LogP contribution in [0.1, 0.15) is 31.4 Å². The summed E-state index contributed by atoms with van der Waals surface area (Å²) in [5.74, 6) is 0.635. The van der Waals surface area contributed by atoms with Crippen LogP contribution in [0.15, 0.2) is 51.8 Å². The molecule has 180 valence electrons. The van der Waals surface area contributed by atoms with Crippen LogP contribution in [0.4, 0.5) is 0 Å². The maximum absolute atomic E-state index is 12.9. The Balaban J connectivity index is 1.73. The van der Waals surface area contributed by atoms with Crippen molar-refractivity contribution in [1.82, 2.24) is 4.90 Å². The molecule has 0 bridgehead atoms. The number of ether oxygens (including phenoxy) is 3. The van der Waals surface area contributed by atoms with Crippen molar-refractivity contribution in [1.29, 1.82) is 0 Å². The van der Waals surface area contributed by atoms with Crippen LogP contribution >= 0.6 is 39.9 Å². The topological polar surface area (TPSA) is 65.1 Å². The first kappa shape index (κ1) is 26.2. The summed E-state index contributed by atoms with van der Waals surface area (Å²) in [6, 6.07) is 13.8. The van der Waals surface area contributed by atoms with E-state index in [0.29, 0.717) is 40.5 Å². The number of amides is 1. The minimum Gasteiger partial charge on any atom is -0.490 e. The lowest BCUT2D eigenvalue weighted by atomic mass is 10.1. The third kappa shape index (κ3) is 7.07. The molecule has 1 saturated heterocycles. The molecular weight excluding hydrogens is 538 g/mol. The van der Waals surface area contributed by atoms with E-state index in [1.807, 2.05) is 37.3 Å². The highest BCUT2D eigenvalue weighted by Gasteiger charge is 2.32. The van der Waals surface area contributed by atoms with Gasteiger partial charge < -0.3 is 14.2 Å². The van der Waals surface area contributed by atoms with Crippen LogP contribution in [0.25, 0.3) is 6.08 Å². The summed E-state index contributed by atoms with van der Waals surface area (Å²) in [6.45, 7) is 5.13. The fraction of sp³-hybridized carbons (Fsp3) is 0.320. The average molecular weight is 565 g/mol. The van der Waals surface area contributed by atoms with Gasteiger partial charge in [-0.2, -0.15) is 0 Å². The van der Waals surface area contributed by atoms with Crippen LogP contribution in [0, 0.1) is 0 Å². The Morgan fingerprint density at radius 1 is 1.15 bits per heavy atom. The molecule has 1 aliphatic heterocycles. The molecule has 0 aliphatic carbocycles. The van der Waals surface area contributed by atoms with Gasteiger partial charge in [-0.25, -0.2) is 0 Å². The van der Waals surface area contributed by atoms with Crippen LogP contribution in [-0.4, -0.2) is 47.5 Å². The molecule has 1 aliphatic rings. The van der Waals surface area contributed by atoms with Gasteiger partial charge in [-0.05, 0) is 59.1 Å². The smallest absolute Gasteiger partial charge is 0.307 e. The lowest BCUT2D eigenvalue weighted by Gasteiger charge is -2.15. The van der Waals surface area contributed by atoms with Crippen molar-refractivity contribution >= 4 is 62.2 Å². The molecule has 0 unspecified atom stereocenters. The quantitative estimate of drug-likeness (QED) is 0.199. The highest BCUT2D eigenvalue weighted by atomic mass is 79.9. The van der Waals surface area contributed by atoms with Crippen molar-refractivity contribution < 1.29 is 23.8 Å². The number of thiocarbonyl (C=S) groups is 1. The SMILES string of the molecule is CCOC(=O)CCN1C(=O)/C(=C/c2cc(Br)c(OCCc3ccccc3)c(OCC)c2)SC1=S.